The van der Waals surface area contributed by atoms with E-state index in [1.165, 1.54) is 0 Å². The molecule has 0 spiro atoms. The minimum atomic E-state index is 0.393. The van der Waals surface area contributed by atoms with Crippen molar-refractivity contribution < 1.29 is 4.74 Å². The zero-order chi connectivity index (χ0) is 10.8. The van der Waals surface area contributed by atoms with Crippen LogP contribution in [0.4, 0.5) is 0 Å². The van der Waals surface area contributed by atoms with Crippen molar-refractivity contribution >= 4 is 11.8 Å². The maximum absolute atomic E-state index is 5.68. The molecule has 0 aromatic carbocycles. The Hall–Kier alpha value is 0.230. The molecule has 0 radical (unpaired) electrons. The van der Waals surface area contributed by atoms with Crippen LogP contribution in [0.25, 0.3) is 0 Å². The smallest absolute Gasteiger partial charge is 0.0674 e. The van der Waals surface area contributed by atoms with Gasteiger partial charge in [-0.05, 0) is 20.1 Å². The zero-order valence-electron chi connectivity index (χ0n) is 9.90. The number of nitrogens with zero attached hydrogens (tertiary/aromatic N) is 1. The van der Waals surface area contributed by atoms with Crippen LogP contribution in [0.1, 0.15) is 13.8 Å². The molecule has 2 rings (SSSR count). The fourth-order valence-corrected chi connectivity index (χ4v) is 3.45. The van der Waals surface area contributed by atoms with Crippen LogP contribution < -0.4 is 5.32 Å². The Kier molecular flexibility index (Phi) is 3.93. The van der Waals surface area contributed by atoms with Crippen LogP contribution in [-0.2, 0) is 4.74 Å². The fourth-order valence-electron chi connectivity index (χ4n) is 2.60. The molecule has 15 heavy (non-hydrogen) atoms. The van der Waals surface area contributed by atoms with Crippen LogP contribution in [0.2, 0.25) is 0 Å². The zero-order valence-corrected chi connectivity index (χ0v) is 10.7. The number of hydrogen-bond donors (Lipinski definition) is 1. The fraction of sp³-hybridized carbons (Fsp3) is 1.00. The SMILES string of the molecule is CSC1CNCC1N1CC(C)OCC1C. The van der Waals surface area contributed by atoms with Gasteiger partial charge in [-0.3, -0.25) is 4.90 Å². The average molecular weight is 230 g/mol. The van der Waals surface area contributed by atoms with Gasteiger partial charge in [0.1, 0.15) is 0 Å². The molecule has 0 saturated carbocycles. The van der Waals surface area contributed by atoms with E-state index in [9.17, 15) is 0 Å². The molecule has 0 bridgehead atoms. The normalized spacial score (nSPS) is 43.4. The summed E-state index contributed by atoms with van der Waals surface area (Å²) in [6.45, 7) is 8.73. The van der Waals surface area contributed by atoms with Crippen molar-refractivity contribution in [1.82, 2.24) is 10.2 Å². The summed E-state index contributed by atoms with van der Waals surface area (Å²) in [7, 11) is 0. The Morgan fingerprint density at radius 3 is 2.87 bits per heavy atom. The Morgan fingerprint density at radius 2 is 2.13 bits per heavy atom. The Morgan fingerprint density at radius 1 is 1.33 bits per heavy atom. The lowest BCUT2D eigenvalue weighted by Gasteiger charge is -2.42. The molecule has 0 aromatic heterocycles. The molecule has 4 heteroatoms. The first-order valence-corrected chi connectivity index (χ1v) is 7.12. The number of hydrogen-bond acceptors (Lipinski definition) is 4. The Balaban J connectivity index is 2.00. The van der Waals surface area contributed by atoms with Gasteiger partial charge in [-0.1, -0.05) is 0 Å². The lowest BCUT2D eigenvalue weighted by atomic mass is 10.1. The van der Waals surface area contributed by atoms with Crippen molar-refractivity contribution in [3.8, 4) is 0 Å². The van der Waals surface area contributed by atoms with E-state index in [0.29, 0.717) is 18.2 Å². The van der Waals surface area contributed by atoms with Crippen molar-refractivity contribution in [3.05, 3.63) is 0 Å². The molecule has 2 saturated heterocycles. The highest BCUT2D eigenvalue weighted by Crippen LogP contribution is 2.24. The van der Waals surface area contributed by atoms with Gasteiger partial charge in [-0.25, -0.2) is 0 Å². The van der Waals surface area contributed by atoms with E-state index >= 15 is 0 Å². The van der Waals surface area contributed by atoms with E-state index in [0.717, 1.165) is 31.5 Å². The van der Waals surface area contributed by atoms with Gasteiger partial charge in [0.05, 0.1) is 12.7 Å². The van der Waals surface area contributed by atoms with Crippen LogP contribution in [0.3, 0.4) is 0 Å². The van der Waals surface area contributed by atoms with E-state index < -0.39 is 0 Å². The summed E-state index contributed by atoms with van der Waals surface area (Å²) >= 11 is 1.99. The molecule has 2 aliphatic heterocycles. The monoisotopic (exact) mass is 230 g/mol. The molecular formula is C11H22N2OS. The predicted molar refractivity (Wildman–Crippen MR) is 65.5 cm³/mol. The molecule has 0 aliphatic carbocycles. The molecule has 2 heterocycles. The second-order valence-corrected chi connectivity index (χ2v) is 5.77. The Labute approximate surface area is 96.9 Å². The molecule has 0 aromatic rings. The van der Waals surface area contributed by atoms with Gasteiger partial charge in [0, 0.05) is 37.0 Å². The summed E-state index contributed by atoms with van der Waals surface area (Å²) in [5.74, 6) is 0. The van der Waals surface area contributed by atoms with Gasteiger partial charge in [0.25, 0.3) is 0 Å². The maximum atomic E-state index is 5.68. The number of thioether (sulfide) groups is 1. The minimum Gasteiger partial charge on any atom is -0.376 e. The van der Waals surface area contributed by atoms with E-state index in [1.54, 1.807) is 0 Å². The highest BCUT2D eigenvalue weighted by molar-refractivity contribution is 7.99. The first kappa shape index (κ1) is 11.7. The number of nitrogens with one attached hydrogen (secondary N) is 1. The summed E-state index contributed by atoms with van der Waals surface area (Å²) in [6, 6.07) is 1.27. The second-order valence-electron chi connectivity index (χ2n) is 4.69. The van der Waals surface area contributed by atoms with Gasteiger partial charge in [0.2, 0.25) is 0 Å². The maximum Gasteiger partial charge on any atom is 0.0674 e. The third-order valence-electron chi connectivity index (χ3n) is 3.51. The van der Waals surface area contributed by atoms with Crippen LogP contribution in [0.15, 0.2) is 0 Å². The highest BCUT2D eigenvalue weighted by Gasteiger charge is 2.36. The topological polar surface area (TPSA) is 24.5 Å². The van der Waals surface area contributed by atoms with Gasteiger partial charge in [-0.15, -0.1) is 0 Å². The van der Waals surface area contributed by atoms with E-state index in [4.69, 9.17) is 4.74 Å². The molecule has 2 fully saturated rings. The van der Waals surface area contributed by atoms with Crippen LogP contribution in [0.5, 0.6) is 0 Å². The quantitative estimate of drug-likeness (QED) is 0.758. The minimum absolute atomic E-state index is 0.393. The number of morpholine rings is 1. The van der Waals surface area contributed by atoms with Gasteiger partial charge < -0.3 is 10.1 Å². The van der Waals surface area contributed by atoms with Crippen molar-refractivity contribution in [2.45, 2.75) is 37.3 Å². The first-order chi connectivity index (χ1) is 7.22. The van der Waals surface area contributed by atoms with E-state index in [-0.39, 0.29) is 0 Å². The highest BCUT2D eigenvalue weighted by atomic mass is 32.2. The van der Waals surface area contributed by atoms with Gasteiger partial charge in [0.15, 0.2) is 0 Å². The molecule has 1 N–H and O–H groups in total. The molecule has 4 atom stereocenters. The largest absolute Gasteiger partial charge is 0.376 e. The first-order valence-electron chi connectivity index (χ1n) is 5.83. The van der Waals surface area contributed by atoms with Crippen LogP contribution >= 0.6 is 11.8 Å². The third-order valence-corrected chi connectivity index (χ3v) is 4.60. The lowest BCUT2D eigenvalue weighted by Crippen LogP contribution is -2.55. The van der Waals surface area contributed by atoms with Crippen molar-refractivity contribution in [1.29, 1.82) is 0 Å². The molecular weight excluding hydrogens is 208 g/mol. The van der Waals surface area contributed by atoms with Gasteiger partial charge in [-0.2, -0.15) is 11.8 Å². The molecule has 0 amide bonds. The molecule has 88 valence electrons. The number of ether oxygens (including phenoxy) is 1. The van der Waals surface area contributed by atoms with Crippen LogP contribution in [-0.4, -0.2) is 60.8 Å². The summed E-state index contributed by atoms with van der Waals surface area (Å²) in [5, 5.41) is 4.25. The van der Waals surface area contributed by atoms with E-state index in [2.05, 4.69) is 30.3 Å². The molecule has 2 aliphatic rings. The molecule has 3 nitrogen and oxygen atoms in total. The second kappa shape index (κ2) is 5.04. The summed E-state index contributed by atoms with van der Waals surface area (Å²) < 4.78 is 5.68. The van der Waals surface area contributed by atoms with Crippen molar-refractivity contribution in [2.75, 3.05) is 32.5 Å². The predicted octanol–water partition coefficient (Wildman–Crippen LogP) is 0.799. The third kappa shape index (κ3) is 2.49. The average Bonchev–Trinajstić information content (AvgIpc) is 2.69. The summed E-state index contributed by atoms with van der Waals surface area (Å²) in [4.78, 5) is 2.63. The summed E-state index contributed by atoms with van der Waals surface area (Å²) in [5.41, 5.74) is 0. The standard InChI is InChI=1S/C11H22N2OS/c1-8-7-14-9(2)6-13(8)10-4-12-5-11(10)15-3/h8-12H,4-7H2,1-3H3. The van der Waals surface area contributed by atoms with Crippen molar-refractivity contribution in [3.63, 3.8) is 0 Å². The van der Waals surface area contributed by atoms with Gasteiger partial charge >= 0.3 is 0 Å². The molecule has 4 unspecified atom stereocenters. The van der Waals surface area contributed by atoms with Crippen LogP contribution in [0, 0.1) is 0 Å². The lowest BCUT2D eigenvalue weighted by molar-refractivity contribution is -0.0622. The Bertz CT molecular complexity index is 215. The van der Waals surface area contributed by atoms with E-state index in [1.807, 2.05) is 11.8 Å². The summed E-state index contributed by atoms with van der Waals surface area (Å²) in [6.07, 6.45) is 2.61. The number of rotatable bonds is 2. The van der Waals surface area contributed by atoms with Crippen molar-refractivity contribution in [2.24, 2.45) is 0 Å².